The van der Waals surface area contributed by atoms with E-state index >= 15 is 0 Å². The van der Waals surface area contributed by atoms with Crippen molar-refractivity contribution in [3.05, 3.63) is 92.5 Å². The third-order valence-corrected chi connectivity index (χ3v) is 6.16. The molecule has 0 aliphatic rings. The first-order chi connectivity index (χ1) is 16.3. The fourth-order valence-electron chi connectivity index (χ4n) is 4.31. The maximum Gasteiger partial charge on any atom is 0.119 e. The average Bonchev–Trinajstić information content (AvgIpc) is 2.87. The average molecular weight is 644 g/mol. The van der Waals surface area contributed by atoms with Gasteiger partial charge in [0.25, 0.3) is 0 Å². The molecule has 3 aromatic carbocycles. The Labute approximate surface area is 225 Å². The molecule has 35 heavy (non-hydrogen) atoms. The molecule has 0 atom stereocenters. The summed E-state index contributed by atoms with van der Waals surface area (Å²) in [5, 5.41) is 2.34. The van der Waals surface area contributed by atoms with Crippen LogP contribution in [0.15, 0.2) is 79.0 Å². The molecule has 2 nitrogen and oxygen atoms in total. The minimum atomic E-state index is 0. The number of unbranched alkanes of at least 4 members (excludes halogenated alkanes) is 7. The van der Waals surface area contributed by atoms with Crippen LogP contribution in [0.3, 0.4) is 0 Å². The van der Waals surface area contributed by atoms with Gasteiger partial charge in [-0.15, -0.1) is 35.4 Å². The summed E-state index contributed by atoms with van der Waals surface area (Å²) in [6.45, 7) is 3.05. The molecule has 0 aliphatic heterocycles. The molecule has 4 rings (SSSR count). The second kappa shape index (κ2) is 15.5. The molecule has 0 spiro atoms. The normalized spacial score (nSPS) is 10.4. The Bertz CT molecular complexity index is 1150. The largest absolute Gasteiger partial charge is 0.494 e. The molecule has 3 heteroatoms. The van der Waals surface area contributed by atoms with Crippen LogP contribution in [0, 0.1) is 13.5 Å². The molecule has 1 radical (unpaired) electrons. The van der Waals surface area contributed by atoms with Crippen molar-refractivity contribution in [2.45, 2.75) is 58.3 Å². The zero-order valence-corrected chi connectivity index (χ0v) is 23.5. The predicted octanol–water partition coefficient (Wildman–Crippen LogP) is 9.34. The number of ether oxygens (including phenoxy) is 1. The third-order valence-electron chi connectivity index (χ3n) is 6.16. The fourth-order valence-corrected chi connectivity index (χ4v) is 4.31. The number of nitrogens with zero attached hydrogens (tertiary/aromatic N) is 1. The van der Waals surface area contributed by atoms with Gasteiger partial charge < -0.3 is 17.1 Å². The minimum Gasteiger partial charge on any atom is -0.494 e. The van der Waals surface area contributed by atoms with Crippen LogP contribution in [0.25, 0.3) is 33.2 Å². The number of hydrogen-bond acceptors (Lipinski definition) is 2. The van der Waals surface area contributed by atoms with Crippen LogP contribution in [0.2, 0.25) is 0 Å². The van der Waals surface area contributed by atoms with Crippen LogP contribution in [0.5, 0.6) is 5.75 Å². The molecule has 0 N–H and O–H groups in total. The minimum absolute atomic E-state index is 0. The van der Waals surface area contributed by atoms with Crippen LogP contribution in [-0.4, -0.2) is 11.6 Å². The van der Waals surface area contributed by atoms with Crippen LogP contribution in [0.4, 0.5) is 0 Å². The van der Waals surface area contributed by atoms with E-state index in [1.807, 2.05) is 12.3 Å². The van der Waals surface area contributed by atoms with Gasteiger partial charge in [0.15, 0.2) is 0 Å². The molecule has 1 heterocycles. The number of aromatic nitrogens is 1. The topological polar surface area (TPSA) is 22.1 Å². The van der Waals surface area contributed by atoms with Crippen molar-refractivity contribution in [3.63, 3.8) is 0 Å². The summed E-state index contributed by atoms with van der Waals surface area (Å²) in [5.74, 6) is 0.938. The summed E-state index contributed by atoms with van der Waals surface area (Å²) in [5.41, 5.74) is 4.28. The Hall–Kier alpha value is -2.48. The van der Waals surface area contributed by atoms with Gasteiger partial charge in [-0.05, 0) is 46.6 Å². The molecule has 4 aromatic rings. The molecular formula is C32H37IrNO-2. The zero-order chi connectivity index (χ0) is 22.7. The first-order valence-corrected chi connectivity index (χ1v) is 12.4. The van der Waals surface area contributed by atoms with E-state index in [1.54, 1.807) is 0 Å². The number of hydrogen-bond donors (Lipinski definition) is 0. The van der Waals surface area contributed by atoms with E-state index in [0.29, 0.717) is 0 Å². The molecule has 0 unspecified atom stereocenters. The van der Waals surface area contributed by atoms with Crippen LogP contribution < -0.4 is 4.74 Å². The van der Waals surface area contributed by atoms with Crippen molar-refractivity contribution < 1.29 is 24.8 Å². The molecule has 0 aliphatic carbocycles. The summed E-state index contributed by atoms with van der Waals surface area (Å²) < 4.78 is 6.07. The van der Waals surface area contributed by atoms with Crippen molar-refractivity contribution in [2.75, 3.05) is 6.61 Å². The molecule has 0 amide bonds. The molecule has 0 fully saturated rings. The molecule has 0 saturated carbocycles. The zero-order valence-electron chi connectivity index (χ0n) is 21.1. The maximum absolute atomic E-state index is 6.07. The van der Waals surface area contributed by atoms with Gasteiger partial charge >= 0.3 is 0 Å². The Balaban J connectivity index is 0.00000216. The second-order valence-electron chi connectivity index (χ2n) is 8.72. The van der Waals surface area contributed by atoms with Gasteiger partial charge in [-0.3, -0.25) is 0 Å². The predicted molar refractivity (Wildman–Crippen MR) is 146 cm³/mol. The van der Waals surface area contributed by atoms with E-state index in [1.165, 1.54) is 50.3 Å². The summed E-state index contributed by atoms with van der Waals surface area (Å²) in [6, 6.07) is 28.5. The first kappa shape index (κ1) is 28.8. The van der Waals surface area contributed by atoms with Gasteiger partial charge in [0.1, 0.15) is 5.75 Å². The summed E-state index contributed by atoms with van der Waals surface area (Å²) in [4.78, 5) is 4.66. The maximum atomic E-state index is 6.07. The number of rotatable bonds is 12. The molecular weight excluding hydrogens is 607 g/mol. The van der Waals surface area contributed by atoms with E-state index < -0.39 is 0 Å². The Morgan fingerprint density at radius 2 is 1.51 bits per heavy atom. The van der Waals surface area contributed by atoms with Crippen LogP contribution >= 0.6 is 0 Å². The first-order valence-electron chi connectivity index (χ1n) is 12.4. The van der Waals surface area contributed by atoms with E-state index in [4.69, 9.17) is 4.74 Å². The van der Waals surface area contributed by atoms with Crippen molar-refractivity contribution in [1.29, 1.82) is 0 Å². The number of fused-ring (bicyclic) bond motifs is 1. The SMILES string of the molecule is CCCCCCCCCCOc1cccc(-c2cc[c-]c(-c3nccc4ccccc34)c2)c1.[CH3-].[Ir]. The summed E-state index contributed by atoms with van der Waals surface area (Å²) >= 11 is 0. The van der Waals surface area contributed by atoms with E-state index in [-0.39, 0.29) is 27.5 Å². The monoisotopic (exact) mass is 644 g/mol. The van der Waals surface area contributed by atoms with Gasteiger partial charge in [-0.25, -0.2) is 0 Å². The Morgan fingerprint density at radius 3 is 2.34 bits per heavy atom. The Kier molecular flexibility index (Phi) is 12.7. The van der Waals surface area contributed by atoms with Gasteiger partial charge in [0, 0.05) is 26.3 Å². The number of benzene rings is 3. The van der Waals surface area contributed by atoms with Crippen LogP contribution in [0.1, 0.15) is 58.3 Å². The van der Waals surface area contributed by atoms with Gasteiger partial charge in [-0.1, -0.05) is 88.3 Å². The van der Waals surface area contributed by atoms with Crippen LogP contribution in [-0.2, 0) is 20.1 Å². The van der Waals surface area contributed by atoms with Crippen molar-refractivity contribution in [2.24, 2.45) is 0 Å². The molecule has 0 saturated heterocycles. The van der Waals surface area contributed by atoms with Crippen molar-refractivity contribution >= 4 is 10.8 Å². The summed E-state index contributed by atoms with van der Waals surface area (Å²) in [6.07, 6.45) is 12.4. The second-order valence-corrected chi connectivity index (χ2v) is 8.72. The van der Waals surface area contributed by atoms with Gasteiger partial charge in [-0.2, -0.15) is 0 Å². The van der Waals surface area contributed by atoms with Crippen molar-refractivity contribution in [1.82, 2.24) is 4.98 Å². The molecule has 187 valence electrons. The fraction of sp³-hybridized carbons (Fsp3) is 0.312. The van der Waals surface area contributed by atoms with Crippen molar-refractivity contribution in [3.8, 4) is 28.1 Å². The third kappa shape index (κ3) is 8.30. The number of pyridine rings is 1. The molecule has 1 aromatic heterocycles. The summed E-state index contributed by atoms with van der Waals surface area (Å²) in [7, 11) is 0. The van der Waals surface area contributed by atoms with E-state index in [2.05, 4.69) is 84.7 Å². The van der Waals surface area contributed by atoms with E-state index in [9.17, 15) is 0 Å². The molecule has 0 bridgehead atoms. The van der Waals surface area contributed by atoms with Gasteiger partial charge in [0.05, 0.1) is 6.61 Å². The van der Waals surface area contributed by atoms with Gasteiger partial charge in [0.2, 0.25) is 0 Å². The van der Waals surface area contributed by atoms with E-state index in [0.717, 1.165) is 46.5 Å². The quantitative estimate of drug-likeness (QED) is 0.113. The Morgan fingerprint density at radius 1 is 0.771 bits per heavy atom. The standard InChI is InChI=1S/C31H34NO.CH3.Ir/c1-2-3-4-5-6-7-8-11-22-33-29-18-13-16-27(24-29)26-15-12-17-28(23-26)31-30-19-10-9-14-25(30)20-21-32-31;;/h9-10,12-16,18-21,23-24H,2-8,11,22H2,1H3;1H3;/q2*-1;. The smallest absolute Gasteiger partial charge is 0.119 e.